The summed E-state index contributed by atoms with van der Waals surface area (Å²) < 4.78 is 9.23. The van der Waals surface area contributed by atoms with Crippen molar-refractivity contribution in [1.82, 2.24) is 0 Å². The van der Waals surface area contributed by atoms with Crippen LogP contribution < -0.4 is 0 Å². The summed E-state index contributed by atoms with van der Waals surface area (Å²) in [6.45, 7) is 0.589. The third kappa shape index (κ3) is 2.62. The molecule has 0 aromatic heterocycles. The van der Waals surface area contributed by atoms with Crippen LogP contribution in [0.1, 0.15) is 19.3 Å². The number of carbonyl (C=O) groups excluding carboxylic acids is 2. The van der Waals surface area contributed by atoms with Gasteiger partial charge in [0.15, 0.2) is 0 Å². The number of methoxy groups -OCH3 is 1. The number of hydrogen-bond acceptors (Lipinski definition) is 4. The number of esters is 2. The molecule has 1 heterocycles. The second-order valence-corrected chi connectivity index (χ2v) is 2.90. The van der Waals surface area contributed by atoms with Gasteiger partial charge >= 0.3 is 11.9 Å². The number of cyclic esters (lactones) is 2. The molecule has 0 saturated carbocycles. The molecule has 1 aliphatic rings. The lowest BCUT2D eigenvalue weighted by Gasteiger charge is -2.18. The summed E-state index contributed by atoms with van der Waals surface area (Å²) in [5.74, 6) is -0.710. The Kier molecular flexibility index (Phi) is 3.22. The van der Waals surface area contributed by atoms with Crippen LogP contribution in [0.4, 0.5) is 0 Å². The molecule has 0 amide bonds. The second-order valence-electron chi connectivity index (χ2n) is 2.90. The van der Waals surface area contributed by atoms with E-state index < -0.39 is 11.9 Å². The van der Waals surface area contributed by atoms with Gasteiger partial charge in [-0.25, -0.2) is 0 Å². The summed E-state index contributed by atoms with van der Waals surface area (Å²) in [5, 5.41) is 0. The molecule has 0 unspecified atom stereocenters. The fourth-order valence-corrected chi connectivity index (χ4v) is 1.24. The predicted octanol–water partition coefficient (Wildman–Crippen LogP) is 0.503. The van der Waals surface area contributed by atoms with Gasteiger partial charge in [-0.2, -0.15) is 0 Å². The van der Waals surface area contributed by atoms with Crippen molar-refractivity contribution in [3.8, 4) is 0 Å². The van der Waals surface area contributed by atoms with Gasteiger partial charge in [-0.05, 0) is 12.3 Å². The van der Waals surface area contributed by atoms with Gasteiger partial charge in [-0.15, -0.1) is 0 Å². The van der Waals surface area contributed by atoms with Crippen LogP contribution in [-0.2, 0) is 19.1 Å². The largest absolute Gasteiger partial charge is 0.393 e. The minimum absolute atomic E-state index is 0.110. The maximum Gasteiger partial charge on any atom is 0.313 e. The van der Waals surface area contributed by atoms with Crippen LogP contribution in [0.2, 0.25) is 0 Å². The first-order valence-corrected chi connectivity index (χ1v) is 3.95. The fraction of sp³-hybridized carbons (Fsp3) is 0.750. The average molecular weight is 172 g/mol. The Balaban J connectivity index is 2.34. The first kappa shape index (κ1) is 9.19. The van der Waals surface area contributed by atoms with Crippen molar-refractivity contribution in [2.75, 3.05) is 13.7 Å². The van der Waals surface area contributed by atoms with E-state index in [-0.39, 0.29) is 5.92 Å². The highest BCUT2D eigenvalue weighted by Gasteiger charge is 2.26. The minimum Gasteiger partial charge on any atom is -0.393 e. The van der Waals surface area contributed by atoms with E-state index in [0.29, 0.717) is 19.4 Å². The van der Waals surface area contributed by atoms with Gasteiger partial charge in [0.1, 0.15) is 0 Å². The second kappa shape index (κ2) is 4.21. The number of ether oxygens (including phenoxy) is 2. The molecule has 4 nitrogen and oxygen atoms in total. The van der Waals surface area contributed by atoms with E-state index in [2.05, 4.69) is 4.74 Å². The topological polar surface area (TPSA) is 52.6 Å². The molecular weight excluding hydrogens is 160 g/mol. The van der Waals surface area contributed by atoms with E-state index in [1.807, 2.05) is 0 Å². The molecule has 1 rings (SSSR count). The quantitative estimate of drug-likeness (QED) is 0.459. The van der Waals surface area contributed by atoms with Gasteiger partial charge in [0.25, 0.3) is 0 Å². The van der Waals surface area contributed by atoms with Crippen LogP contribution in [0, 0.1) is 5.92 Å². The van der Waals surface area contributed by atoms with Crippen molar-refractivity contribution in [2.45, 2.75) is 19.3 Å². The van der Waals surface area contributed by atoms with Crippen molar-refractivity contribution in [1.29, 1.82) is 0 Å². The molecule has 68 valence electrons. The molecule has 1 fully saturated rings. The SMILES string of the molecule is COCCC1CC(=O)OC(=O)C1. The minimum atomic E-state index is -0.410. The summed E-state index contributed by atoms with van der Waals surface area (Å²) in [5.41, 5.74) is 0. The van der Waals surface area contributed by atoms with E-state index in [4.69, 9.17) is 4.74 Å². The van der Waals surface area contributed by atoms with E-state index in [1.54, 1.807) is 7.11 Å². The van der Waals surface area contributed by atoms with Gasteiger partial charge in [0.2, 0.25) is 0 Å². The zero-order valence-corrected chi connectivity index (χ0v) is 7.04. The maximum atomic E-state index is 10.8. The lowest BCUT2D eigenvalue weighted by Crippen LogP contribution is -2.26. The van der Waals surface area contributed by atoms with Crippen molar-refractivity contribution < 1.29 is 19.1 Å². The molecule has 1 saturated heterocycles. The first-order valence-electron chi connectivity index (χ1n) is 3.95. The average Bonchev–Trinajstić information content (AvgIpc) is 1.99. The number of rotatable bonds is 3. The van der Waals surface area contributed by atoms with Gasteiger partial charge < -0.3 is 9.47 Å². The molecule has 1 aliphatic heterocycles. The van der Waals surface area contributed by atoms with Gasteiger partial charge in [0.05, 0.1) is 0 Å². The third-order valence-electron chi connectivity index (χ3n) is 1.87. The van der Waals surface area contributed by atoms with Crippen molar-refractivity contribution in [2.24, 2.45) is 5.92 Å². The number of carbonyl (C=O) groups is 2. The zero-order valence-electron chi connectivity index (χ0n) is 7.04. The maximum absolute atomic E-state index is 10.8. The highest BCUT2D eigenvalue weighted by Crippen LogP contribution is 2.19. The van der Waals surface area contributed by atoms with Gasteiger partial charge in [-0.3, -0.25) is 9.59 Å². The Labute approximate surface area is 70.8 Å². The van der Waals surface area contributed by atoms with Crippen molar-refractivity contribution in [3.05, 3.63) is 0 Å². The Morgan fingerprint density at radius 1 is 1.42 bits per heavy atom. The Bertz CT molecular complexity index is 171. The predicted molar refractivity (Wildman–Crippen MR) is 40.3 cm³/mol. The van der Waals surface area contributed by atoms with E-state index in [9.17, 15) is 9.59 Å². The molecule has 12 heavy (non-hydrogen) atoms. The molecule has 0 radical (unpaired) electrons. The van der Waals surface area contributed by atoms with Gasteiger partial charge in [-0.1, -0.05) is 0 Å². The molecule has 0 aliphatic carbocycles. The Hall–Kier alpha value is -0.900. The van der Waals surface area contributed by atoms with Crippen LogP contribution in [0.25, 0.3) is 0 Å². The highest BCUT2D eigenvalue weighted by molar-refractivity contribution is 5.88. The molecule has 0 aromatic carbocycles. The summed E-state index contributed by atoms with van der Waals surface area (Å²) in [6, 6.07) is 0. The smallest absolute Gasteiger partial charge is 0.313 e. The molecule has 0 atom stereocenters. The molecule has 0 spiro atoms. The third-order valence-corrected chi connectivity index (χ3v) is 1.87. The van der Waals surface area contributed by atoms with Crippen LogP contribution in [-0.4, -0.2) is 25.7 Å². The van der Waals surface area contributed by atoms with E-state index in [1.165, 1.54) is 0 Å². The number of hydrogen-bond donors (Lipinski definition) is 0. The molecule has 4 heteroatoms. The van der Waals surface area contributed by atoms with Crippen LogP contribution in [0.15, 0.2) is 0 Å². The lowest BCUT2D eigenvalue weighted by molar-refractivity contribution is -0.165. The summed E-state index contributed by atoms with van der Waals surface area (Å²) >= 11 is 0. The molecule has 0 bridgehead atoms. The summed E-state index contributed by atoms with van der Waals surface area (Å²) in [4.78, 5) is 21.5. The summed E-state index contributed by atoms with van der Waals surface area (Å²) in [6.07, 6.45) is 1.43. The van der Waals surface area contributed by atoms with Crippen LogP contribution in [0.5, 0.6) is 0 Å². The molecular formula is C8H12O4. The van der Waals surface area contributed by atoms with Gasteiger partial charge in [0, 0.05) is 26.6 Å². The van der Waals surface area contributed by atoms with Crippen LogP contribution in [0.3, 0.4) is 0 Å². The van der Waals surface area contributed by atoms with Crippen molar-refractivity contribution >= 4 is 11.9 Å². The Morgan fingerprint density at radius 3 is 2.50 bits per heavy atom. The highest BCUT2D eigenvalue weighted by atomic mass is 16.6. The van der Waals surface area contributed by atoms with E-state index >= 15 is 0 Å². The standard InChI is InChI=1S/C8H12O4/c1-11-3-2-6-4-7(9)12-8(10)5-6/h6H,2-5H2,1H3. The zero-order chi connectivity index (χ0) is 8.97. The monoisotopic (exact) mass is 172 g/mol. The first-order chi connectivity index (χ1) is 5.72. The Morgan fingerprint density at radius 2 is 2.00 bits per heavy atom. The van der Waals surface area contributed by atoms with Crippen LogP contribution >= 0.6 is 0 Å². The summed E-state index contributed by atoms with van der Waals surface area (Å²) in [7, 11) is 1.60. The van der Waals surface area contributed by atoms with E-state index in [0.717, 1.165) is 6.42 Å². The fourth-order valence-electron chi connectivity index (χ4n) is 1.24. The normalized spacial score (nSPS) is 19.4. The molecule has 0 N–H and O–H groups in total. The molecule has 0 aromatic rings. The van der Waals surface area contributed by atoms with Crippen molar-refractivity contribution in [3.63, 3.8) is 0 Å². The lowest BCUT2D eigenvalue weighted by atomic mass is 9.96.